The first-order valence-electron chi connectivity index (χ1n) is 7.47. The van der Waals surface area contributed by atoms with Gasteiger partial charge in [-0.1, -0.05) is 0 Å². The number of aromatic nitrogens is 1. The molecule has 0 aliphatic carbocycles. The van der Waals surface area contributed by atoms with Crippen LogP contribution in [0.3, 0.4) is 0 Å². The second kappa shape index (κ2) is 9.25. The third-order valence-corrected chi connectivity index (χ3v) is 4.03. The third kappa shape index (κ3) is 5.83. The summed E-state index contributed by atoms with van der Waals surface area (Å²) in [5, 5.41) is 21.8. The van der Waals surface area contributed by atoms with Gasteiger partial charge in [0.1, 0.15) is 11.7 Å². The van der Waals surface area contributed by atoms with Crippen molar-refractivity contribution < 1.29 is 19.4 Å². The van der Waals surface area contributed by atoms with E-state index in [-0.39, 0.29) is 24.5 Å². The van der Waals surface area contributed by atoms with Crippen molar-refractivity contribution >= 4 is 29.3 Å². The van der Waals surface area contributed by atoms with Gasteiger partial charge in [0.25, 0.3) is 5.91 Å². The summed E-state index contributed by atoms with van der Waals surface area (Å²) >= 11 is 1.34. The highest BCUT2D eigenvalue weighted by Crippen LogP contribution is 2.23. The minimum absolute atomic E-state index is 0.122. The summed E-state index contributed by atoms with van der Waals surface area (Å²) < 4.78 is 4.80. The third-order valence-electron chi connectivity index (χ3n) is 3.28. The maximum atomic E-state index is 12.2. The molecular formula is C16H21N3O4S. The zero-order valence-electron chi connectivity index (χ0n) is 14.0. The monoisotopic (exact) mass is 351 g/mol. The summed E-state index contributed by atoms with van der Waals surface area (Å²) in [6.07, 6.45) is 3.77. The molecule has 8 heteroatoms. The maximum Gasteiger partial charge on any atom is 0.305 e. The molecule has 0 aromatic carbocycles. The summed E-state index contributed by atoms with van der Waals surface area (Å²) in [5.41, 5.74) is -0.948. The summed E-state index contributed by atoms with van der Waals surface area (Å²) in [7, 11) is 0. The van der Waals surface area contributed by atoms with Crippen LogP contribution < -0.4 is 5.32 Å². The number of hydrogen-bond acceptors (Lipinski definition) is 7. The van der Waals surface area contributed by atoms with Crippen LogP contribution in [0.5, 0.6) is 0 Å². The molecule has 1 amide bonds. The topological polar surface area (TPSA) is 112 Å². The summed E-state index contributed by atoms with van der Waals surface area (Å²) in [6, 6.07) is 3.60. The van der Waals surface area contributed by atoms with Crippen LogP contribution in [0.1, 0.15) is 38.8 Å². The van der Waals surface area contributed by atoms with Gasteiger partial charge in [-0.2, -0.15) is 5.26 Å². The van der Waals surface area contributed by atoms with E-state index in [1.165, 1.54) is 24.9 Å². The molecule has 1 unspecified atom stereocenters. The lowest BCUT2D eigenvalue weighted by molar-refractivity contribution is -0.144. The number of rotatable bonds is 8. The predicted octanol–water partition coefficient (Wildman–Crippen LogP) is 2.10. The van der Waals surface area contributed by atoms with Crippen LogP contribution in [-0.4, -0.2) is 40.4 Å². The number of carbonyl (C=O) groups is 2. The van der Waals surface area contributed by atoms with Gasteiger partial charge < -0.3 is 15.2 Å². The molecule has 130 valence electrons. The number of aliphatic hydroxyl groups is 1. The quantitative estimate of drug-likeness (QED) is 0.545. The van der Waals surface area contributed by atoms with E-state index >= 15 is 0 Å². The van der Waals surface area contributed by atoms with Crippen molar-refractivity contribution in [3.8, 4) is 6.07 Å². The number of nitrogens with zero attached hydrogens (tertiary/aromatic N) is 2. The van der Waals surface area contributed by atoms with Crippen molar-refractivity contribution in [3.63, 3.8) is 0 Å². The second-order valence-electron chi connectivity index (χ2n) is 5.27. The van der Waals surface area contributed by atoms with Crippen LogP contribution in [0.2, 0.25) is 0 Å². The van der Waals surface area contributed by atoms with Crippen LogP contribution in [0, 0.1) is 11.3 Å². The molecule has 1 rings (SSSR count). The number of pyridine rings is 1. The van der Waals surface area contributed by atoms with E-state index in [9.17, 15) is 14.7 Å². The number of nitriles is 1. The Hall–Kier alpha value is -2.11. The fraction of sp³-hybridized carbons (Fsp3) is 0.500. The molecule has 2 N–H and O–H groups in total. The van der Waals surface area contributed by atoms with Gasteiger partial charge in [0, 0.05) is 11.3 Å². The van der Waals surface area contributed by atoms with E-state index in [4.69, 9.17) is 10.00 Å². The number of ether oxygens (including phenoxy) is 1. The molecule has 1 atom stereocenters. The highest BCUT2D eigenvalue weighted by molar-refractivity contribution is 7.98. The van der Waals surface area contributed by atoms with Gasteiger partial charge in [-0.15, -0.1) is 11.8 Å². The largest absolute Gasteiger partial charge is 0.466 e. The molecule has 0 aliphatic heterocycles. The van der Waals surface area contributed by atoms with Crippen molar-refractivity contribution in [2.75, 3.05) is 18.2 Å². The van der Waals surface area contributed by atoms with Gasteiger partial charge in [0.15, 0.2) is 5.69 Å². The first-order chi connectivity index (χ1) is 11.3. The Kier molecular flexibility index (Phi) is 7.68. The zero-order chi connectivity index (χ0) is 18.2. The molecule has 0 spiro atoms. The first kappa shape index (κ1) is 19.9. The number of nitrogens with one attached hydrogen (secondary N) is 1. The minimum Gasteiger partial charge on any atom is -0.466 e. The average molecular weight is 351 g/mol. The van der Waals surface area contributed by atoms with Crippen LogP contribution in [0.25, 0.3) is 0 Å². The van der Waals surface area contributed by atoms with Crippen LogP contribution in [0.15, 0.2) is 17.2 Å². The number of carbonyl (C=O) groups excluding carboxylic acids is 2. The average Bonchev–Trinajstić information content (AvgIpc) is 2.54. The van der Waals surface area contributed by atoms with Gasteiger partial charge in [-0.3, -0.25) is 9.59 Å². The molecule has 0 saturated heterocycles. The molecule has 1 aromatic heterocycles. The molecule has 24 heavy (non-hydrogen) atoms. The fourth-order valence-corrected chi connectivity index (χ4v) is 2.48. The molecule has 0 aliphatic rings. The van der Waals surface area contributed by atoms with Crippen molar-refractivity contribution in [3.05, 3.63) is 18.0 Å². The van der Waals surface area contributed by atoms with Crippen molar-refractivity contribution in [1.82, 2.24) is 4.98 Å². The zero-order valence-corrected chi connectivity index (χ0v) is 14.8. The molecule has 7 nitrogen and oxygen atoms in total. The summed E-state index contributed by atoms with van der Waals surface area (Å²) in [6.45, 7) is 3.41. The van der Waals surface area contributed by atoms with Crippen molar-refractivity contribution in [2.45, 2.75) is 43.6 Å². The maximum absolute atomic E-state index is 12.2. The summed E-state index contributed by atoms with van der Waals surface area (Å²) in [4.78, 5) is 28.1. The Labute approximate surface area is 145 Å². The normalized spacial score (nSPS) is 12.8. The molecule has 1 heterocycles. The van der Waals surface area contributed by atoms with E-state index in [0.29, 0.717) is 23.6 Å². The molecule has 0 fully saturated rings. The minimum atomic E-state index is -1.63. The smallest absolute Gasteiger partial charge is 0.305 e. The first-order valence-corrected chi connectivity index (χ1v) is 8.70. The number of hydrogen-bond donors (Lipinski definition) is 2. The standard InChI is InChI=1S/C16H21N3O4S/c1-4-23-14(20)6-5-7-16(2,22)15(21)19-11-8-13(24-3)12(9-17)18-10-11/h8,10,22H,4-7H2,1-3H3,(H,19,21). The Morgan fingerprint density at radius 3 is 2.83 bits per heavy atom. The molecule has 0 radical (unpaired) electrons. The fourth-order valence-electron chi connectivity index (χ4n) is 1.94. The number of esters is 1. The van der Waals surface area contributed by atoms with E-state index in [2.05, 4.69) is 10.3 Å². The molecular weight excluding hydrogens is 330 g/mol. The van der Waals surface area contributed by atoms with Crippen molar-refractivity contribution in [2.24, 2.45) is 0 Å². The lowest BCUT2D eigenvalue weighted by atomic mass is 9.98. The highest BCUT2D eigenvalue weighted by Gasteiger charge is 2.30. The molecule has 1 aromatic rings. The lowest BCUT2D eigenvalue weighted by Crippen LogP contribution is -2.40. The number of amides is 1. The second-order valence-corrected chi connectivity index (χ2v) is 6.12. The Bertz CT molecular complexity index is 641. The Balaban J connectivity index is 2.65. The van der Waals surface area contributed by atoms with Gasteiger partial charge in [-0.25, -0.2) is 4.98 Å². The SMILES string of the molecule is CCOC(=O)CCCC(C)(O)C(=O)Nc1cnc(C#N)c(SC)c1. The van der Waals surface area contributed by atoms with Gasteiger partial charge >= 0.3 is 5.97 Å². The van der Waals surface area contributed by atoms with Gasteiger partial charge in [0.05, 0.1) is 18.5 Å². The number of anilines is 1. The Morgan fingerprint density at radius 1 is 1.54 bits per heavy atom. The van der Waals surface area contributed by atoms with E-state index in [0.717, 1.165) is 0 Å². The Morgan fingerprint density at radius 2 is 2.25 bits per heavy atom. The van der Waals surface area contributed by atoms with E-state index < -0.39 is 11.5 Å². The summed E-state index contributed by atoms with van der Waals surface area (Å²) in [5.74, 6) is -0.945. The van der Waals surface area contributed by atoms with Gasteiger partial charge in [-0.05, 0) is 39.0 Å². The number of thioether (sulfide) groups is 1. The van der Waals surface area contributed by atoms with E-state index in [1.54, 1.807) is 19.2 Å². The van der Waals surface area contributed by atoms with Crippen LogP contribution in [-0.2, 0) is 14.3 Å². The predicted molar refractivity (Wildman–Crippen MR) is 90.5 cm³/mol. The van der Waals surface area contributed by atoms with Crippen molar-refractivity contribution in [1.29, 1.82) is 5.26 Å². The molecule has 0 bridgehead atoms. The van der Waals surface area contributed by atoms with Crippen LogP contribution in [0.4, 0.5) is 5.69 Å². The lowest BCUT2D eigenvalue weighted by Gasteiger charge is -2.22. The van der Waals surface area contributed by atoms with Crippen LogP contribution >= 0.6 is 11.8 Å². The molecule has 0 saturated carbocycles. The highest BCUT2D eigenvalue weighted by atomic mass is 32.2. The van der Waals surface area contributed by atoms with Gasteiger partial charge in [0.2, 0.25) is 0 Å². The van der Waals surface area contributed by atoms with E-state index in [1.807, 2.05) is 6.07 Å².